The number of fused-ring (bicyclic) bond motifs is 1. The zero-order chi connectivity index (χ0) is 28.2. The maximum absolute atomic E-state index is 13.8. The summed E-state index contributed by atoms with van der Waals surface area (Å²) in [5.41, 5.74) is 1.83. The van der Waals surface area contributed by atoms with E-state index in [2.05, 4.69) is 4.98 Å². The predicted molar refractivity (Wildman–Crippen MR) is 156 cm³/mol. The van der Waals surface area contributed by atoms with E-state index in [1.54, 1.807) is 30.3 Å². The molecule has 0 radical (unpaired) electrons. The summed E-state index contributed by atoms with van der Waals surface area (Å²) in [5, 5.41) is 0.519. The molecule has 0 fully saturated rings. The van der Waals surface area contributed by atoms with E-state index in [1.165, 1.54) is 27.8 Å². The lowest BCUT2D eigenvalue weighted by molar-refractivity contribution is 0.0984. The highest BCUT2D eigenvalue weighted by Gasteiger charge is 2.27. The zero-order valence-electron chi connectivity index (χ0n) is 22.9. The van der Waals surface area contributed by atoms with Crippen molar-refractivity contribution in [2.24, 2.45) is 11.8 Å². The number of hydrogen-bond acceptors (Lipinski definition) is 7. The first-order valence-electron chi connectivity index (χ1n) is 12.8. The minimum absolute atomic E-state index is 0.170. The first-order valence-corrected chi connectivity index (χ1v) is 15.1. The summed E-state index contributed by atoms with van der Waals surface area (Å²) >= 11 is 1.38. The number of benzene rings is 2. The van der Waals surface area contributed by atoms with Gasteiger partial charge in [-0.15, -0.1) is 0 Å². The molecular weight excluding hydrogens is 532 g/mol. The van der Waals surface area contributed by atoms with Gasteiger partial charge in [0.05, 0.1) is 34.5 Å². The molecule has 0 bridgehead atoms. The number of rotatable bonds is 11. The minimum Gasteiger partial charge on any atom is -0.497 e. The molecule has 0 aliphatic heterocycles. The van der Waals surface area contributed by atoms with Gasteiger partial charge in [-0.1, -0.05) is 45.1 Å². The van der Waals surface area contributed by atoms with Crippen LogP contribution in [0.2, 0.25) is 0 Å². The smallest absolute Gasteiger partial charge is 0.260 e. The van der Waals surface area contributed by atoms with Crippen LogP contribution in [-0.2, 0) is 16.6 Å². The molecule has 0 aliphatic carbocycles. The van der Waals surface area contributed by atoms with E-state index in [0.717, 1.165) is 10.2 Å². The average molecular weight is 567 g/mol. The van der Waals surface area contributed by atoms with Crippen LogP contribution in [0, 0.1) is 11.8 Å². The molecule has 0 spiro atoms. The van der Waals surface area contributed by atoms with E-state index >= 15 is 0 Å². The van der Waals surface area contributed by atoms with Gasteiger partial charge in [0.15, 0.2) is 5.13 Å². The number of amides is 1. The fourth-order valence-corrected chi connectivity index (χ4v) is 6.93. The third-order valence-electron chi connectivity index (χ3n) is 5.98. The number of sulfonamides is 1. The molecule has 0 saturated heterocycles. The van der Waals surface area contributed by atoms with Crippen molar-refractivity contribution in [1.29, 1.82) is 0 Å². The normalized spacial score (nSPS) is 12.0. The van der Waals surface area contributed by atoms with Crippen molar-refractivity contribution in [3.05, 3.63) is 78.1 Å². The van der Waals surface area contributed by atoms with E-state index in [1.807, 2.05) is 64.1 Å². The Labute approximate surface area is 234 Å². The lowest BCUT2D eigenvalue weighted by atomic mass is 10.2. The van der Waals surface area contributed by atoms with Crippen molar-refractivity contribution >= 4 is 42.6 Å². The molecule has 0 N–H and O–H groups in total. The Morgan fingerprint density at radius 2 is 1.67 bits per heavy atom. The van der Waals surface area contributed by atoms with Crippen LogP contribution in [0.25, 0.3) is 10.2 Å². The number of carbonyl (C=O) groups is 1. The maximum atomic E-state index is 13.8. The topological polar surface area (TPSA) is 92.7 Å². The molecule has 1 amide bonds. The standard InChI is InChI=1S/C29H34N4O4S2/c1-20(2)17-32(18-21(3)4)39(35,36)25-12-9-22(10-13-25)28(34)33(19-23-8-6-7-15-30-23)29-31-26-14-11-24(37-5)16-27(26)38-29/h6-16,20-21H,17-19H2,1-5H3. The van der Waals surface area contributed by atoms with Crippen LogP contribution in [0.3, 0.4) is 0 Å². The number of aromatic nitrogens is 2. The summed E-state index contributed by atoms with van der Waals surface area (Å²) in [5.74, 6) is 0.791. The van der Waals surface area contributed by atoms with Gasteiger partial charge in [0.25, 0.3) is 5.91 Å². The molecule has 8 nitrogen and oxygen atoms in total. The third-order valence-corrected chi connectivity index (χ3v) is 8.87. The molecule has 4 aromatic rings. The van der Waals surface area contributed by atoms with E-state index in [9.17, 15) is 13.2 Å². The Bertz CT molecular complexity index is 1510. The van der Waals surface area contributed by atoms with E-state index in [4.69, 9.17) is 9.72 Å². The van der Waals surface area contributed by atoms with Gasteiger partial charge in [-0.05, 0) is 66.4 Å². The van der Waals surface area contributed by atoms with Gasteiger partial charge in [0.1, 0.15) is 5.75 Å². The van der Waals surface area contributed by atoms with Gasteiger partial charge < -0.3 is 4.74 Å². The number of methoxy groups -OCH3 is 1. The average Bonchev–Trinajstić information content (AvgIpc) is 3.34. The van der Waals surface area contributed by atoms with E-state index < -0.39 is 10.0 Å². The largest absolute Gasteiger partial charge is 0.497 e. The van der Waals surface area contributed by atoms with Gasteiger partial charge >= 0.3 is 0 Å². The maximum Gasteiger partial charge on any atom is 0.260 e. The van der Waals surface area contributed by atoms with Gasteiger partial charge in [-0.3, -0.25) is 14.7 Å². The monoisotopic (exact) mass is 566 g/mol. The van der Waals surface area contributed by atoms with Crippen LogP contribution in [0.15, 0.2) is 71.8 Å². The van der Waals surface area contributed by atoms with Crippen LogP contribution in [0.5, 0.6) is 5.75 Å². The Morgan fingerprint density at radius 1 is 0.974 bits per heavy atom. The third kappa shape index (κ3) is 6.81. The van der Waals surface area contributed by atoms with Crippen LogP contribution >= 0.6 is 11.3 Å². The number of nitrogens with zero attached hydrogens (tertiary/aromatic N) is 4. The molecular formula is C29H34N4O4S2. The Hall–Kier alpha value is -3.34. The molecule has 2 aromatic heterocycles. The highest BCUT2D eigenvalue weighted by Crippen LogP contribution is 2.33. The van der Waals surface area contributed by atoms with E-state index in [-0.39, 0.29) is 29.2 Å². The summed E-state index contributed by atoms with van der Waals surface area (Å²) in [7, 11) is -2.10. The molecule has 2 aromatic carbocycles. The number of carbonyl (C=O) groups excluding carboxylic acids is 1. The second-order valence-corrected chi connectivity index (χ2v) is 13.1. The van der Waals surface area contributed by atoms with Crippen LogP contribution in [0.1, 0.15) is 43.7 Å². The molecule has 0 atom stereocenters. The van der Waals surface area contributed by atoms with Crippen molar-refractivity contribution in [3.63, 3.8) is 0 Å². The summed E-state index contributed by atoms with van der Waals surface area (Å²) < 4.78 is 34.6. The molecule has 2 heterocycles. The molecule has 0 aliphatic rings. The predicted octanol–water partition coefficient (Wildman–Crippen LogP) is 5.85. The number of anilines is 1. The Morgan fingerprint density at radius 3 is 2.26 bits per heavy atom. The zero-order valence-corrected chi connectivity index (χ0v) is 24.5. The second-order valence-electron chi connectivity index (χ2n) is 10.2. The second kappa shape index (κ2) is 12.2. The Balaban J connectivity index is 1.67. The lowest BCUT2D eigenvalue weighted by Crippen LogP contribution is -2.37. The highest BCUT2D eigenvalue weighted by atomic mass is 32.2. The fourth-order valence-electron chi connectivity index (χ4n) is 4.17. The molecule has 0 unspecified atom stereocenters. The number of ether oxygens (including phenoxy) is 1. The van der Waals surface area contributed by atoms with Crippen LogP contribution in [-0.4, -0.2) is 48.8 Å². The minimum atomic E-state index is -3.70. The molecule has 39 heavy (non-hydrogen) atoms. The van der Waals surface area contributed by atoms with Gasteiger partial charge in [0.2, 0.25) is 10.0 Å². The van der Waals surface area contributed by atoms with Crippen molar-refractivity contribution in [2.45, 2.75) is 39.1 Å². The van der Waals surface area contributed by atoms with Crippen LogP contribution < -0.4 is 9.64 Å². The van der Waals surface area contributed by atoms with Crippen molar-refractivity contribution in [1.82, 2.24) is 14.3 Å². The molecule has 10 heteroatoms. The van der Waals surface area contributed by atoms with Gasteiger partial charge in [-0.2, -0.15) is 4.31 Å². The van der Waals surface area contributed by atoms with Crippen molar-refractivity contribution < 1.29 is 17.9 Å². The number of thiazole rings is 1. The SMILES string of the molecule is COc1ccc2nc(N(Cc3ccccn3)C(=O)c3ccc(S(=O)(=O)N(CC(C)C)CC(C)C)cc3)sc2c1. The number of hydrogen-bond donors (Lipinski definition) is 0. The quantitative estimate of drug-likeness (QED) is 0.226. The first-order chi connectivity index (χ1) is 18.6. The fraction of sp³-hybridized carbons (Fsp3) is 0.345. The first kappa shape index (κ1) is 28.7. The number of pyridine rings is 1. The van der Waals surface area contributed by atoms with E-state index in [0.29, 0.717) is 35.2 Å². The summed E-state index contributed by atoms with van der Waals surface area (Å²) in [6.45, 7) is 9.08. The molecule has 0 saturated carbocycles. The molecule has 206 valence electrons. The van der Waals surface area contributed by atoms with Crippen molar-refractivity contribution in [2.75, 3.05) is 25.1 Å². The summed E-state index contributed by atoms with van der Waals surface area (Å²) in [4.78, 5) is 24.7. The summed E-state index contributed by atoms with van der Waals surface area (Å²) in [6.07, 6.45) is 1.68. The molecule has 4 rings (SSSR count). The van der Waals surface area contributed by atoms with Gasteiger partial charge in [-0.25, -0.2) is 13.4 Å². The highest BCUT2D eigenvalue weighted by molar-refractivity contribution is 7.89. The Kier molecular flexibility index (Phi) is 8.99. The van der Waals surface area contributed by atoms with Gasteiger partial charge in [0, 0.05) is 24.8 Å². The lowest BCUT2D eigenvalue weighted by Gasteiger charge is -2.26. The van der Waals surface area contributed by atoms with Crippen LogP contribution in [0.4, 0.5) is 5.13 Å². The summed E-state index contributed by atoms with van der Waals surface area (Å²) in [6, 6.07) is 17.3. The van der Waals surface area contributed by atoms with Crippen molar-refractivity contribution in [3.8, 4) is 5.75 Å².